The van der Waals surface area contributed by atoms with Crippen LogP contribution < -0.4 is 11.1 Å². The number of hydrogen-bond donors (Lipinski definition) is 2. The molecule has 1 rings (SSSR count). The van der Waals surface area contributed by atoms with Crippen molar-refractivity contribution in [1.82, 2.24) is 5.32 Å². The monoisotopic (exact) mass is 254 g/mol. The van der Waals surface area contributed by atoms with Crippen LogP contribution in [-0.2, 0) is 4.79 Å². The van der Waals surface area contributed by atoms with E-state index in [4.69, 9.17) is 5.73 Å². The summed E-state index contributed by atoms with van der Waals surface area (Å²) in [5.74, 6) is 0.710. The standard InChI is InChI=1S/C15H30N2O/c1-5-7-14(4,16)13(18)17-11-15(8-6-9-15)10-12(2)3/h12H,5-11,16H2,1-4H3,(H,17,18). The zero-order valence-electron chi connectivity index (χ0n) is 12.5. The van der Waals surface area contributed by atoms with Crippen molar-refractivity contribution in [1.29, 1.82) is 0 Å². The van der Waals surface area contributed by atoms with Crippen LogP contribution in [-0.4, -0.2) is 18.0 Å². The van der Waals surface area contributed by atoms with Gasteiger partial charge in [0.1, 0.15) is 0 Å². The number of rotatable bonds is 7. The van der Waals surface area contributed by atoms with E-state index in [2.05, 4.69) is 26.1 Å². The molecule has 0 aromatic heterocycles. The van der Waals surface area contributed by atoms with Gasteiger partial charge in [-0.3, -0.25) is 4.79 Å². The minimum Gasteiger partial charge on any atom is -0.354 e. The fourth-order valence-electron chi connectivity index (χ4n) is 3.10. The second kappa shape index (κ2) is 6.05. The van der Waals surface area contributed by atoms with Crippen LogP contribution in [0.3, 0.4) is 0 Å². The minimum atomic E-state index is -0.711. The maximum absolute atomic E-state index is 12.1. The largest absolute Gasteiger partial charge is 0.354 e. The second-order valence-electron chi connectivity index (χ2n) is 6.80. The summed E-state index contributed by atoms with van der Waals surface area (Å²) in [5.41, 5.74) is 5.69. The van der Waals surface area contributed by atoms with Gasteiger partial charge in [-0.05, 0) is 43.9 Å². The molecule has 1 atom stereocenters. The van der Waals surface area contributed by atoms with E-state index in [1.165, 1.54) is 25.7 Å². The molecule has 0 heterocycles. The van der Waals surface area contributed by atoms with Crippen molar-refractivity contribution in [3.63, 3.8) is 0 Å². The van der Waals surface area contributed by atoms with Crippen LogP contribution >= 0.6 is 0 Å². The molecule has 0 aliphatic heterocycles. The lowest BCUT2D eigenvalue weighted by Gasteiger charge is -2.44. The molecule has 1 fully saturated rings. The predicted octanol–water partition coefficient (Wildman–Crippen LogP) is 2.84. The fraction of sp³-hybridized carbons (Fsp3) is 0.933. The highest BCUT2D eigenvalue weighted by Crippen LogP contribution is 2.45. The number of hydrogen-bond acceptors (Lipinski definition) is 2. The number of amides is 1. The van der Waals surface area contributed by atoms with Crippen molar-refractivity contribution in [2.75, 3.05) is 6.54 Å². The molecule has 18 heavy (non-hydrogen) atoms. The third kappa shape index (κ3) is 3.98. The Morgan fingerprint density at radius 2 is 2.06 bits per heavy atom. The van der Waals surface area contributed by atoms with Crippen molar-refractivity contribution in [2.45, 2.75) is 71.8 Å². The maximum atomic E-state index is 12.1. The predicted molar refractivity (Wildman–Crippen MR) is 76.2 cm³/mol. The summed E-state index contributed by atoms with van der Waals surface area (Å²) in [4.78, 5) is 12.1. The van der Waals surface area contributed by atoms with Crippen molar-refractivity contribution in [3.8, 4) is 0 Å². The van der Waals surface area contributed by atoms with Gasteiger partial charge in [0.2, 0.25) is 5.91 Å². The molecule has 3 heteroatoms. The quantitative estimate of drug-likeness (QED) is 0.734. The molecule has 1 aliphatic rings. The molecular formula is C15H30N2O. The highest BCUT2D eigenvalue weighted by Gasteiger charge is 2.38. The van der Waals surface area contributed by atoms with Crippen LogP contribution in [0.2, 0.25) is 0 Å². The normalized spacial score (nSPS) is 21.2. The SMILES string of the molecule is CCCC(C)(N)C(=O)NCC1(CC(C)C)CCC1. The van der Waals surface area contributed by atoms with Crippen LogP contribution in [0.15, 0.2) is 0 Å². The van der Waals surface area contributed by atoms with Gasteiger partial charge in [-0.2, -0.15) is 0 Å². The number of nitrogens with one attached hydrogen (secondary N) is 1. The fourth-order valence-corrected chi connectivity index (χ4v) is 3.10. The summed E-state index contributed by atoms with van der Waals surface area (Å²) in [5, 5.41) is 3.09. The lowest BCUT2D eigenvalue weighted by Crippen LogP contribution is -2.54. The second-order valence-corrected chi connectivity index (χ2v) is 6.80. The molecule has 0 aromatic rings. The number of carbonyl (C=O) groups is 1. The van der Waals surface area contributed by atoms with Crippen LogP contribution in [0, 0.1) is 11.3 Å². The molecule has 0 aromatic carbocycles. The van der Waals surface area contributed by atoms with Gasteiger partial charge in [-0.1, -0.05) is 33.6 Å². The van der Waals surface area contributed by atoms with Gasteiger partial charge in [0.25, 0.3) is 0 Å². The van der Waals surface area contributed by atoms with E-state index in [1.54, 1.807) is 0 Å². The Labute approximate surface area is 112 Å². The lowest BCUT2D eigenvalue weighted by molar-refractivity contribution is -0.127. The average molecular weight is 254 g/mol. The Bertz CT molecular complexity index is 280. The molecular weight excluding hydrogens is 224 g/mol. The summed E-state index contributed by atoms with van der Waals surface area (Å²) in [7, 11) is 0. The first-order valence-corrected chi connectivity index (χ1v) is 7.38. The van der Waals surface area contributed by atoms with E-state index in [-0.39, 0.29) is 5.91 Å². The lowest BCUT2D eigenvalue weighted by atomic mass is 9.64. The highest BCUT2D eigenvalue weighted by atomic mass is 16.2. The average Bonchev–Trinajstić information content (AvgIpc) is 2.20. The van der Waals surface area contributed by atoms with Crippen molar-refractivity contribution < 1.29 is 4.79 Å². The van der Waals surface area contributed by atoms with Crippen molar-refractivity contribution in [2.24, 2.45) is 17.1 Å². The molecule has 3 nitrogen and oxygen atoms in total. The zero-order valence-corrected chi connectivity index (χ0v) is 12.5. The van der Waals surface area contributed by atoms with Crippen LogP contribution in [0.5, 0.6) is 0 Å². The van der Waals surface area contributed by atoms with E-state index < -0.39 is 5.54 Å². The van der Waals surface area contributed by atoms with Gasteiger partial charge in [0.05, 0.1) is 5.54 Å². The molecule has 0 saturated heterocycles. The molecule has 1 amide bonds. The third-order valence-corrected chi connectivity index (χ3v) is 4.17. The zero-order chi connectivity index (χ0) is 13.8. The molecule has 3 N–H and O–H groups in total. The Balaban J connectivity index is 2.46. The topological polar surface area (TPSA) is 55.1 Å². The molecule has 1 saturated carbocycles. The summed E-state index contributed by atoms with van der Waals surface area (Å²) in [6.07, 6.45) is 6.70. The number of nitrogens with two attached hydrogens (primary N) is 1. The molecule has 0 spiro atoms. The first-order valence-electron chi connectivity index (χ1n) is 7.38. The molecule has 1 aliphatic carbocycles. The molecule has 1 unspecified atom stereocenters. The summed E-state index contributed by atoms with van der Waals surface area (Å²) in [6.45, 7) is 9.21. The van der Waals surface area contributed by atoms with Crippen LogP contribution in [0.4, 0.5) is 0 Å². The Hall–Kier alpha value is -0.570. The van der Waals surface area contributed by atoms with Gasteiger partial charge in [-0.25, -0.2) is 0 Å². The minimum absolute atomic E-state index is 0.0133. The Kier molecular flexibility index (Phi) is 5.20. The van der Waals surface area contributed by atoms with Gasteiger partial charge in [0, 0.05) is 6.54 Å². The molecule has 106 valence electrons. The van der Waals surface area contributed by atoms with E-state index in [9.17, 15) is 4.79 Å². The van der Waals surface area contributed by atoms with E-state index in [1.807, 2.05) is 6.92 Å². The Morgan fingerprint density at radius 3 is 2.44 bits per heavy atom. The number of carbonyl (C=O) groups excluding carboxylic acids is 1. The highest BCUT2D eigenvalue weighted by molar-refractivity contribution is 5.85. The summed E-state index contributed by atoms with van der Waals surface area (Å²) >= 11 is 0. The van der Waals surface area contributed by atoms with E-state index >= 15 is 0 Å². The molecule has 0 radical (unpaired) electrons. The first-order chi connectivity index (χ1) is 8.31. The van der Waals surface area contributed by atoms with Crippen LogP contribution in [0.25, 0.3) is 0 Å². The van der Waals surface area contributed by atoms with Gasteiger partial charge in [-0.15, -0.1) is 0 Å². The third-order valence-electron chi connectivity index (χ3n) is 4.17. The first kappa shape index (κ1) is 15.5. The van der Waals surface area contributed by atoms with E-state index in [0.717, 1.165) is 19.4 Å². The van der Waals surface area contributed by atoms with Gasteiger partial charge >= 0.3 is 0 Å². The van der Waals surface area contributed by atoms with Gasteiger partial charge in [0.15, 0.2) is 0 Å². The Morgan fingerprint density at radius 1 is 1.44 bits per heavy atom. The van der Waals surface area contributed by atoms with Gasteiger partial charge < -0.3 is 11.1 Å². The maximum Gasteiger partial charge on any atom is 0.239 e. The van der Waals surface area contributed by atoms with Crippen molar-refractivity contribution >= 4 is 5.91 Å². The summed E-state index contributed by atoms with van der Waals surface area (Å²) < 4.78 is 0. The summed E-state index contributed by atoms with van der Waals surface area (Å²) in [6, 6.07) is 0. The molecule has 0 bridgehead atoms. The van der Waals surface area contributed by atoms with E-state index in [0.29, 0.717) is 11.3 Å². The van der Waals surface area contributed by atoms with Crippen molar-refractivity contribution in [3.05, 3.63) is 0 Å². The van der Waals surface area contributed by atoms with Crippen LogP contribution in [0.1, 0.15) is 66.2 Å². The smallest absolute Gasteiger partial charge is 0.239 e.